The third-order valence-corrected chi connectivity index (χ3v) is 5.34. The van der Waals surface area contributed by atoms with E-state index in [4.69, 9.17) is 0 Å². The van der Waals surface area contributed by atoms with Crippen LogP contribution in [-0.4, -0.2) is 20.9 Å². The highest BCUT2D eigenvalue weighted by molar-refractivity contribution is 7.08. The van der Waals surface area contributed by atoms with Gasteiger partial charge < -0.3 is 5.32 Å². The summed E-state index contributed by atoms with van der Waals surface area (Å²) in [7, 11) is 0. The van der Waals surface area contributed by atoms with Crippen molar-refractivity contribution in [1.82, 2.24) is 20.3 Å². The summed E-state index contributed by atoms with van der Waals surface area (Å²) in [4.78, 5) is 12.8. The van der Waals surface area contributed by atoms with E-state index in [1.807, 2.05) is 35.2 Å². The Morgan fingerprint density at radius 2 is 1.71 bits per heavy atom. The lowest BCUT2D eigenvalue weighted by Crippen LogP contribution is -2.25. The van der Waals surface area contributed by atoms with Gasteiger partial charge in [0.15, 0.2) is 0 Å². The van der Waals surface area contributed by atoms with Crippen LogP contribution in [0.3, 0.4) is 0 Å². The van der Waals surface area contributed by atoms with Crippen LogP contribution in [0.4, 0.5) is 0 Å². The number of rotatable bonds is 4. The van der Waals surface area contributed by atoms with Crippen LogP contribution in [0.2, 0.25) is 0 Å². The fraction of sp³-hybridized carbons (Fsp3) is 0.409. The van der Waals surface area contributed by atoms with Crippen molar-refractivity contribution in [2.24, 2.45) is 0 Å². The average molecular weight is 397 g/mol. The standard InChI is InChI=1S/C22H28N4OS/c1-21(2,3)16-9-15(10-17(11-16)22(4,5)6)20(27)23-12-18-13-26(25-24-18)19-7-8-28-14-19/h7-11,13-14H,12H2,1-6H3,(H,23,27). The molecule has 28 heavy (non-hydrogen) atoms. The van der Waals surface area contributed by atoms with E-state index >= 15 is 0 Å². The van der Waals surface area contributed by atoms with E-state index in [9.17, 15) is 4.79 Å². The number of carbonyl (C=O) groups is 1. The van der Waals surface area contributed by atoms with Gasteiger partial charge in [-0.3, -0.25) is 4.79 Å². The molecule has 0 aliphatic rings. The van der Waals surface area contributed by atoms with Crippen molar-refractivity contribution in [3.63, 3.8) is 0 Å². The minimum atomic E-state index is -0.0957. The summed E-state index contributed by atoms with van der Waals surface area (Å²) >= 11 is 1.61. The predicted molar refractivity (Wildman–Crippen MR) is 114 cm³/mol. The molecule has 0 atom stereocenters. The number of nitrogens with zero attached hydrogens (tertiary/aromatic N) is 3. The molecule has 0 unspecified atom stereocenters. The van der Waals surface area contributed by atoms with Crippen molar-refractivity contribution in [3.8, 4) is 5.69 Å². The van der Waals surface area contributed by atoms with Crippen LogP contribution in [-0.2, 0) is 17.4 Å². The molecule has 2 heterocycles. The number of amides is 1. The Morgan fingerprint density at radius 3 is 2.25 bits per heavy atom. The van der Waals surface area contributed by atoms with E-state index in [1.165, 1.54) is 0 Å². The summed E-state index contributed by atoms with van der Waals surface area (Å²) in [6.45, 7) is 13.3. The molecule has 0 fully saturated rings. The van der Waals surface area contributed by atoms with E-state index in [0.29, 0.717) is 12.1 Å². The topological polar surface area (TPSA) is 59.8 Å². The van der Waals surface area contributed by atoms with E-state index in [1.54, 1.807) is 16.0 Å². The van der Waals surface area contributed by atoms with Gasteiger partial charge in [0.05, 0.1) is 18.4 Å². The molecule has 3 aromatic rings. The number of hydrogen-bond donors (Lipinski definition) is 1. The summed E-state index contributed by atoms with van der Waals surface area (Å²) in [5.74, 6) is -0.0957. The van der Waals surface area contributed by atoms with Crippen molar-refractivity contribution in [2.75, 3.05) is 0 Å². The highest BCUT2D eigenvalue weighted by atomic mass is 32.1. The lowest BCUT2D eigenvalue weighted by atomic mass is 9.79. The van der Waals surface area contributed by atoms with E-state index in [-0.39, 0.29) is 16.7 Å². The minimum absolute atomic E-state index is 0.0283. The lowest BCUT2D eigenvalue weighted by molar-refractivity contribution is 0.0950. The molecule has 148 valence electrons. The molecule has 5 nitrogen and oxygen atoms in total. The zero-order chi connectivity index (χ0) is 20.5. The fourth-order valence-electron chi connectivity index (χ4n) is 2.79. The van der Waals surface area contributed by atoms with E-state index in [2.05, 4.69) is 63.2 Å². The summed E-state index contributed by atoms with van der Waals surface area (Å²) in [6.07, 6.45) is 1.84. The number of carbonyl (C=O) groups excluding carboxylic acids is 1. The molecule has 3 rings (SSSR count). The Kier molecular flexibility index (Phi) is 5.44. The van der Waals surface area contributed by atoms with Crippen LogP contribution in [0.1, 0.15) is 68.7 Å². The smallest absolute Gasteiger partial charge is 0.251 e. The highest BCUT2D eigenvalue weighted by Crippen LogP contribution is 2.30. The molecule has 0 spiro atoms. The third kappa shape index (κ3) is 4.68. The van der Waals surface area contributed by atoms with Gasteiger partial charge in [0.25, 0.3) is 5.91 Å². The van der Waals surface area contributed by atoms with Gasteiger partial charge in [-0.1, -0.05) is 52.8 Å². The van der Waals surface area contributed by atoms with Gasteiger partial charge in [0.2, 0.25) is 0 Å². The molecule has 0 saturated carbocycles. The molecule has 0 aliphatic heterocycles. The fourth-order valence-corrected chi connectivity index (χ4v) is 3.41. The Morgan fingerprint density at radius 1 is 1.07 bits per heavy atom. The normalized spacial score (nSPS) is 12.2. The van der Waals surface area contributed by atoms with Crippen molar-refractivity contribution < 1.29 is 4.79 Å². The number of nitrogens with one attached hydrogen (secondary N) is 1. The Bertz CT molecular complexity index is 927. The highest BCUT2D eigenvalue weighted by Gasteiger charge is 2.22. The molecule has 0 bridgehead atoms. The first-order chi connectivity index (χ1) is 13.0. The van der Waals surface area contributed by atoms with Gasteiger partial charge in [-0.2, -0.15) is 11.3 Å². The van der Waals surface area contributed by atoms with E-state index in [0.717, 1.165) is 22.5 Å². The maximum Gasteiger partial charge on any atom is 0.251 e. The molecule has 1 aromatic carbocycles. The lowest BCUT2D eigenvalue weighted by Gasteiger charge is -2.26. The van der Waals surface area contributed by atoms with Crippen molar-refractivity contribution in [1.29, 1.82) is 0 Å². The van der Waals surface area contributed by atoms with Crippen LogP contribution in [0, 0.1) is 0 Å². The van der Waals surface area contributed by atoms with Gasteiger partial charge in [-0.15, -0.1) is 5.10 Å². The molecular weight excluding hydrogens is 368 g/mol. The zero-order valence-electron chi connectivity index (χ0n) is 17.4. The van der Waals surface area contributed by atoms with E-state index < -0.39 is 0 Å². The summed E-state index contributed by atoms with van der Waals surface area (Å²) in [6, 6.07) is 8.18. The molecule has 0 aliphatic carbocycles. The Hall–Kier alpha value is -2.47. The average Bonchev–Trinajstić information content (AvgIpc) is 3.29. The molecule has 0 radical (unpaired) electrons. The van der Waals surface area contributed by atoms with Crippen molar-refractivity contribution in [3.05, 3.63) is 63.6 Å². The number of aromatic nitrogens is 3. The summed E-state index contributed by atoms with van der Waals surface area (Å²) in [5.41, 5.74) is 4.65. The maximum absolute atomic E-state index is 12.8. The van der Waals surface area contributed by atoms with Gasteiger partial charge in [0.1, 0.15) is 5.69 Å². The van der Waals surface area contributed by atoms with Crippen LogP contribution >= 0.6 is 11.3 Å². The van der Waals surface area contributed by atoms with Gasteiger partial charge in [-0.05, 0) is 45.5 Å². The summed E-state index contributed by atoms with van der Waals surface area (Å²) < 4.78 is 1.72. The quantitative estimate of drug-likeness (QED) is 0.685. The first-order valence-electron chi connectivity index (χ1n) is 9.42. The van der Waals surface area contributed by atoms with Crippen molar-refractivity contribution >= 4 is 17.2 Å². The maximum atomic E-state index is 12.8. The predicted octanol–water partition coefficient (Wildman–Crippen LogP) is 4.85. The first kappa shape index (κ1) is 20.3. The third-order valence-electron chi connectivity index (χ3n) is 4.67. The van der Waals surface area contributed by atoms with Crippen LogP contribution in [0.5, 0.6) is 0 Å². The Labute approximate surface area is 170 Å². The summed E-state index contributed by atoms with van der Waals surface area (Å²) in [5, 5.41) is 15.3. The number of hydrogen-bond acceptors (Lipinski definition) is 4. The molecular formula is C22H28N4OS. The second-order valence-electron chi connectivity index (χ2n) is 9.12. The molecule has 1 N–H and O–H groups in total. The second kappa shape index (κ2) is 7.51. The van der Waals surface area contributed by atoms with Gasteiger partial charge >= 0.3 is 0 Å². The van der Waals surface area contributed by atoms with Crippen LogP contribution in [0.15, 0.2) is 41.2 Å². The largest absolute Gasteiger partial charge is 0.346 e. The Balaban J connectivity index is 1.78. The zero-order valence-corrected chi connectivity index (χ0v) is 18.2. The molecule has 6 heteroatoms. The van der Waals surface area contributed by atoms with Gasteiger partial charge in [-0.25, -0.2) is 4.68 Å². The van der Waals surface area contributed by atoms with Crippen LogP contribution in [0.25, 0.3) is 5.69 Å². The van der Waals surface area contributed by atoms with Gasteiger partial charge in [0, 0.05) is 10.9 Å². The minimum Gasteiger partial charge on any atom is -0.346 e. The number of benzene rings is 1. The van der Waals surface area contributed by atoms with Crippen LogP contribution < -0.4 is 5.32 Å². The molecule has 2 aromatic heterocycles. The van der Waals surface area contributed by atoms with Crippen molar-refractivity contribution in [2.45, 2.75) is 58.9 Å². The first-order valence-corrected chi connectivity index (χ1v) is 10.4. The number of thiophene rings is 1. The SMILES string of the molecule is CC(C)(C)c1cc(C(=O)NCc2cn(-c3ccsc3)nn2)cc(C(C)(C)C)c1. The molecule has 0 saturated heterocycles. The molecule has 1 amide bonds. The monoisotopic (exact) mass is 396 g/mol. The second-order valence-corrected chi connectivity index (χ2v) is 9.90.